The number of rotatable bonds is 4. The summed E-state index contributed by atoms with van der Waals surface area (Å²) in [5.74, 6) is -1.06. The standard InChI is InChI=1S/C20H15NO6/c1-12(22)25-16-8-9-18(26-13(2)23)15(10-16)11-17-20(24)27-19(21-17)14-6-4-3-5-7-14/h3-11H,1-2H3. The van der Waals surface area contributed by atoms with Gasteiger partial charge in [0.05, 0.1) is 0 Å². The fourth-order valence-electron chi connectivity index (χ4n) is 2.38. The minimum atomic E-state index is -0.638. The molecule has 0 aromatic heterocycles. The summed E-state index contributed by atoms with van der Waals surface area (Å²) in [6.45, 7) is 2.52. The average Bonchev–Trinajstić information content (AvgIpc) is 2.98. The highest BCUT2D eigenvalue weighted by Crippen LogP contribution is 2.29. The van der Waals surface area contributed by atoms with Crippen LogP contribution in [0, 0.1) is 0 Å². The number of esters is 3. The molecule has 0 bridgehead atoms. The number of hydrogen-bond donors (Lipinski definition) is 0. The van der Waals surface area contributed by atoms with E-state index in [0.29, 0.717) is 11.1 Å². The monoisotopic (exact) mass is 365 g/mol. The first-order valence-electron chi connectivity index (χ1n) is 8.01. The minimum Gasteiger partial charge on any atom is -0.427 e. The highest BCUT2D eigenvalue weighted by molar-refractivity contribution is 6.13. The van der Waals surface area contributed by atoms with E-state index in [9.17, 15) is 14.4 Å². The Labute approximate surface area is 154 Å². The molecular weight excluding hydrogens is 350 g/mol. The summed E-state index contributed by atoms with van der Waals surface area (Å²) >= 11 is 0. The molecule has 0 spiro atoms. The summed E-state index contributed by atoms with van der Waals surface area (Å²) in [4.78, 5) is 38.8. The lowest BCUT2D eigenvalue weighted by Crippen LogP contribution is -2.06. The molecule has 136 valence electrons. The Balaban J connectivity index is 2.00. The molecule has 0 aliphatic carbocycles. The molecule has 0 N–H and O–H groups in total. The SMILES string of the molecule is CC(=O)Oc1ccc(OC(C)=O)c(C=C2N=C(c3ccccc3)OC2=O)c1. The van der Waals surface area contributed by atoms with Gasteiger partial charge < -0.3 is 14.2 Å². The third-order valence-electron chi connectivity index (χ3n) is 3.43. The van der Waals surface area contributed by atoms with Crippen molar-refractivity contribution in [1.82, 2.24) is 0 Å². The van der Waals surface area contributed by atoms with Crippen LogP contribution >= 0.6 is 0 Å². The Morgan fingerprint density at radius 3 is 2.37 bits per heavy atom. The van der Waals surface area contributed by atoms with Crippen molar-refractivity contribution in [3.63, 3.8) is 0 Å². The van der Waals surface area contributed by atoms with Gasteiger partial charge in [-0.2, -0.15) is 0 Å². The lowest BCUT2D eigenvalue weighted by atomic mass is 10.1. The van der Waals surface area contributed by atoms with Crippen molar-refractivity contribution < 1.29 is 28.6 Å². The molecule has 1 heterocycles. The van der Waals surface area contributed by atoms with Gasteiger partial charge in [0.25, 0.3) is 0 Å². The Morgan fingerprint density at radius 2 is 1.70 bits per heavy atom. The van der Waals surface area contributed by atoms with Crippen LogP contribution in [0.1, 0.15) is 25.0 Å². The van der Waals surface area contributed by atoms with Crippen LogP contribution in [0.5, 0.6) is 11.5 Å². The van der Waals surface area contributed by atoms with Gasteiger partial charge in [-0.25, -0.2) is 9.79 Å². The summed E-state index contributed by atoms with van der Waals surface area (Å²) in [5, 5.41) is 0. The maximum absolute atomic E-state index is 12.2. The molecule has 2 aromatic carbocycles. The number of aliphatic imine (C=N–C) groups is 1. The second kappa shape index (κ2) is 7.65. The number of nitrogens with zero attached hydrogens (tertiary/aromatic N) is 1. The van der Waals surface area contributed by atoms with Crippen LogP contribution in [-0.2, 0) is 19.1 Å². The molecule has 1 aliphatic rings. The zero-order valence-electron chi connectivity index (χ0n) is 14.6. The van der Waals surface area contributed by atoms with Crippen molar-refractivity contribution in [2.24, 2.45) is 4.99 Å². The van der Waals surface area contributed by atoms with E-state index in [1.807, 2.05) is 6.07 Å². The summed E-state index contributed by atoms with van der Waals surface area (Å²) in [7, 11) is 0. The van der Waals surface area contributed by atoms with Gasteiger partial charge in [-0.3, -0.25) is 9.59 Å². The molecule has 0 atom stereocenters. The van der Waals surface area contributed by atoms with Crippen LogP contribution in [0.3, 0.4) is 0 Å². The van der Waals surface area contributed by atoms with Gasteiger partial charge in [-0.15, -0.1) is 0 Å². The van der Waals surface area contributed by atoms with Crippen molar-refractivity contribution in [2.45, 2.75) is 13.8 Å². The molecule has 0 saturated carbocycles. The first kappa shape index (κ1) is 18.1. The molecule has 2 aromatic rings. The Bertz CT molecular complexity index is 975. The van der Waals surface area contributed by atoms with Crippen molar-refractivity contribution >= 4 is 29.9 Å². The predicted octanol–water partition coefficient (Wildman–Crippen LogP) is 2.88. The van der Waals surface area contributed by atoms with Gasteiger partial charge in [0.2, 0.25) is 5.90 Å². The molecule has 0 amide bonds. The molecule has 7 nitrogen and oxygen atoms in total. The van der Waals surface area contributed by atoms with Gasteiger partial charge in [-0.1, -0.05) is 18.2 Å². The molecule has 3 rings (SSSR count). The van der Waals surface area contributed by atoms with Crippen LogP contribution in [0.2, 0.25) is 0 Å². The largest absolute Gasteiger partial charge is 0.427 e. The smallest absolute Gasteiger partial charge is 0.363 e. The first-order chi connectivity index (χ1) is 12.9. The maximum Gasteiger partial charge on any atom is 0.363 e. The van der Waals surface area contributed by atoms with Gasteiger partial charge in [0.1, 0.15) is 11.5 Å². The fraction of sp³-hybridized carbons (Fsp3) is 0.100. The minimum absolute atomic E-state index is 0.0298. The lowest BCUT2D eigenvalue weighted by Gasteiger charge is -2.08. The predicted molar refractivity (Wildman–Crippen MR) is 96.1 cm³/mol. The Hall–Kier alpha value is -3.74. The summed E-state index contributed by atoms with van der Waals surface area (Å²) in [5.41, 5.74) is 1.03. The van der Waals surface area contributed by atoms with Crippen molar-refractivity contribution in [1.29, 1.82) is 0 Å². The topological polar surface area (TPSA) is 91.3 Å². The Kier molecular flexibility index (Phi) is 5.12. The summed E-state index contributed by atoms with van der Waals surface area (Å²) in [6, 6.07) is 13.4. The van der Waals surface area contributed by atoms with Crippen molar-refractivity contribution in [2.75, 3.05) is 0 Å². The number of carbonyl (C=O) groups excluding carboxylic acids is 3. The number of cyclic esters (lactones) is 1. The van der Waals surface area contributed by atoms with E-state index in [-0.39, 0.29) is 23.1 Å². The summed E-state index contributed by atoms with van der Waals surface area (Å²) in [6.07, 6.45) is 1.41. The normalized spacial score (nSPS) is 14.5. The zero-order valence-corrected chi connectivity index (χ0v) is 14.6. The molecule has 27 heavy (non-hydrogen) atoms. The van der Waals surface area contributed by atoms with Gasteiger partial charge in [0, 0.05) is 25.0 Å². The first-order valence-corrected chi connectivity index (χ1v) is 8.01. The third-order valence-corrected chi connectivity index (χ3v) is 3.43. The van der Waals surface area contributed by atoms with E-state index < -0.39 is 17.9 Å². The maximum atomic E-state index is 12.2. The van der Waals surface area contributed by atoms with E-state index in [1.165, 1.54) is 38.1 Å². The molecule has 0 unspecified atom stereocenters. The number of hydrogen-bond acceptors (Lipinski definition) is 7. The van der Waals surface area contributed by atoms with E-state index in [0.717, 1.165) is 0 Å². The van der Waals surface area contributed by atoms with Crippen LogP contribution in [0.15, 0.2) is 59.2 Å². The lowest BCUT2D eigenvalue weighted by molar-refractivity contribution is -0.133. The molecule has 0 fully saturated rings. The highest BCUT2D eigenvalue weighted by Gasteiger charge is 2.24. The Morgan fingerprint density at radius 1 is 1.00 bits per heavy atom. The zero-order chi connectivity index (χ0) is 19.4. The van der Waals surface area contributed by atoms with E-state index in [2.05, 4.69) is 4.99 Å². The molecule has 0 radical (unpaired) electrons. The third kappa shape index (κ3) is 4.46. The van der Waals surface area contributed by atoms with Gasteiger partial charge in [0.15, 0.2) is 5.70 Å². The highest BCUT2D eigenvalue weighted by atomic mass is 16.6. The van der Waals surface area contributed by atoms with Crippen molar-refractivity contribution in [3.05, 3.63) is 65.4 Å². The average molecular weight is 365 g/mol. The van der Waals surface area contributed by atoms with Crippen LogP contribution in [0.4, 0.5) is 0 Å². The quantitative estimate of drug-likeness (QED) is 0.470. The van der Waals surface area contributed by atoms with Gasteiger partial charge >= 0.3 is 17.9 Å². The number of benzene rings is 2. The van der Waals surface area contributed by atoms with E-state index in [4.69, 9.17) is 14.2 Å². The molecular formula is C20H15NO6. The van der Waals surface area contributed by atoms with Crippen molar-refractivity contribution in [3.8, 4) is 11.5 Å². The molecule has 7 heteroatoms. The van der Waals surface area contributed by atoms with Crippen LogP contribution in [0.25, 0.3) is 6.08 Å². The summed E-state index contributed by atoms with van der Waals surface area (Å²) < 4.78 is 15.4. The second-order valence-corrected chi connectivity index (χ2v) is 5.59. The fourth-order valence-corrected chi connectivity index (χ4v) is 2.38. The molecule has 0 saturated heterocycles. The van der Waals surface area contributed by atoms with E-state index >= 15 is 0 Å². The van der Waals surface area contributed by atoms with Crippen LogP contribution < -0.4 is 9.47 Å². The van der Waals surface area contributed by atoms with E-state index in [1.54, 1.807) is 24.3 Å². The number of carbonyl (C=O) groups is 3. The van der Waals surface area contributed by atoms with Gasteiger partial charge in [-0.05, 0) is 36.4 Å². The second-order valence-electron chi connectivity index (χ2n) is 5.59. The molecule has 1 aliphatic heterocycles. The van der Waals surface area contributed by atoms with Crippen LogP contribution in [-0.4, -0.2) is 23.8 Å². The number of ether oxygens (including phenoxy) is 3.